The Kier molecular flexibility index (Phi) is 2.56. The smallest absolute Gasteiger partial charge is 0.276 e. The first-order chi connectivity index (χ1) is 9.16. The molecule has 2 aromatic heterocycles. The Hall–Kier alpha value is -2.63. The zero-order valence-corrected chi connectivity index (χ0v) is 10.7. The van der Waals surface area contributed by atoms with Gasteiger partial charge in [-0.25, -0.2) is 4.98 Å². The van der Waals surface area contributed by atoms with E-state index in [1.165, 1.54) is 4.68 Å². The van der Waals surface area contributed by atoms with Gasteiger partial charge in [-0.05, 0) is 18.2 Å². The van der Waals surface area contributed by atoms with Crippen LogP contribution in [0.15, 0.2) is 36.5 Å². The average molecular weight is 255 g/mol. The number of nitrogens with zero attached hydrogens (tertiary/aromatic N) is 4. The molecule has 3 aromatic rings. The number of carbonyl (C=O) groups excluding carboxylic acids is 1. The molecule has 0 saturated heterocycles. The van der Waals surface area contributed by atoms with Crippen molar-refractivity contribution >= 4 is 22.9 Å². The van der Waals surface area contributed by atoms with Gasteiger partial charge in [0.1, 0.15) is 5.69 Å². The van der Waals surface area contributed by atoms with Crippen LogP contribution in [0.5, 0.6) is 0 Å². The van der Waals surface area contributed by atoms with Crippen LogP contribution in [-0.2, 0) is 14.1 Å². The SMILES string of the molecule is Cn1nccc1C(=O)Nc1nc2ccccc2n1C. The minimum atomic E-state index is -0.224. The second-order valence-electron chi connectivity index (χ2n) is 4.28. The van der Waals surface area contributed by atoms with E-state index >= 15 is 0 Å². The van der Waals surface area contributed by atoms with Crippen molar-refractivity contribution in [2.45, 2.75) is 0 Å². The summed E-state index contributed by atoms with van der Waals surface area (Å²) in [6.07, 6.45) is 1.59. The highest BCUT2D eigenvalue weighted by molar-refractivity contribution is 6.02. The van der Waals surface area contributed by atoms with Crippen molar-refractivity contribution in [1.82, 2.24) is 19.3 Å². The molecule has 0 fully saturated rings. The first kappa shape index (κ1) is 11.5. The lowest BCUT2D eigenvalue weighted by Gasteiger charge is -2.05. The summed E-state index contributed by atoms with van der Waals surface area (Å²) in [6.45, 7) is 0. The molecular weight excluding hydrogens is 242 g/mol. The van der Waals surface area contributed by atoms with Crippen molar-refractivity contribution < 1.29 is 4.79 Å². The Balaban J connectivity index is 1.96. The third-order valence-electron chi connectivity index (χ3n) is 3.07. The highest BCUT2D eigenvalue weighted by atomic mass is 16.2. The molecule has 0 radical (unpaired) electrons. The molecule has 6 heteroatoms. The summed E-state index contributed by atoms with van der Waals surface area (Å²) in [6, 6.07) is 9.40. The fraction of sp³-hybridized carbons (Fsp3) is 0.154. The number of aryl methyl sites for hydroxylation is 2. The predicted octanol–water partition coefficient (Wildman–Crippen LogP) is 1.56. The number of fused-ring (bicyclic) bond motifs is 1. The number of anilines is 1. The number of nitrogens with one attached hydrogen (secondary N) is 1. The number of amides is 1. The van der Waals surface area contributed by atoms with Crippen LogP contribution in [0.1, 0.15) is 10.5 Å². The van der Waals surface area contributed by atoms with Crippen molar-refractivity contribution in [3.8, 4) is 0 Å². The second kappa shape index (κ2) is 4.24. The zero-order chi connectivity index (χ0) is 13.4. The van der Waals surface area contributed by atoms with Crippen molar-refractivity contribution in [2.24, 2.45) is 14.1 Å². The van der Waals surface area contributed by atoms with Crippen molar-refractivity contribution in [1.29, 1.82) is 0 Å². The quantitative estimate of drug-likeness (QED) is 0.755. The van der Waals surface area contributed by atoms with E-state index in [0.717, 1.165) is 11.0 Å². The topological polar surface area (TPSA) is 64.7 Å². The number of benzene rings is 1. The number of aromatic nitrogens is 4. The maximum absolute atomic E-state index is 12.1. The molecule has 19 heavy (non-hydrogen) atoms. The largest absolute Gasteiger partial charge is 0.313 e. The van der Waals surface area contributed by atoms with Crippen LogP contribution in [0.3, 0.4) is 0 Å². The molecule has 2 heterocycles. The highest BCUT2D eigenvalue weighted by Crippen LogP contribution is 2.17. The Bertz CT molecular complexity index is 755. The van der Waals surface area contributed by atoms with E-state index in [2.05, 4.69) is 15.4 Å². The van der Waals surface area contributed by atoms with E-state index in [1.807, 2.05) is 35.9 Å². The third-order valence-corrected chi connectivity index (χ3v) is 3.07. The first-order valence-electron chi connectivity index (χ1n) is 5.87. The lowest BCUT2D eigenvalue weighted by Crippen LogP contribution is -2.18. The van der Waals surface area contributed by atoms with Crippen LogP contribution in [0.2, 0.25) is 0 Å². The highest BCUT2D eigenvalue weighted by Gasteiger charge is 2.14. The molecule has 0 aliphatic heterocycles. The van der Waals surface area contributed by atoms with Gasteiger partial charge < -0.3 is 4.57 Å². The molecule has 96 valence electrons. The number of carbonyl (C=O) groups is 1. The maximum atomic E-state index is 12.1. The summed E-state index contributed by atoms with van der Waals surface area (Å²) in [7, 11) is 3.60. The van der Waals surface area contributed by atoms with Crippen LogP contribution in [-0.4, -0.2) is 25.2 Å². The lowest BCUT2D eigenvalue weighted by molar-refractivity contribution is 0.101. The number of hydrogen-bond acceptors (Lipinski definition) is 3. The molecule has 0 saturated carbocycles. The molecule has 1 N–H and O–H groups in total. The van der Waals surface area contributed by atoms with E-state index in [1.54, 1.807) is 19.3 Å². The number of imidazole rings is 1. The average Bonchev–Trinajstić information content (AvgIpc) is 2.95. The molecule has 1 aromatic carbocycles. The van der Waals surface area contributed by atoms with E-state index in [4.69, 9.17) is 0 Å². The van der Waals surface area contributed by atoms with Crippen LogP contribution >= 0.6 is 0 Å². The van der Waals surface area contributed by atoms with E-state index < -0.39 is 0 Å². The molecule has 0 atom stereocenters. The molecule has 0 aliphatic rings. The zero-order valence-electron chi connectivity index (χ0n) is 10.7. The summed E-state index contributed by atoms with van der Waals surface area (Å²) < 4.78 is 3.38. The van der Waals surface area contributed by atoms with Crippen LogP contribution in [0.4, 0.5) is 5.95 Å². The lowest BCUT2D eigenvalue weighted by atomic mass is 10.3. The van der Waals surface area contributed by atoms with Crippen molar-refractivity contribution in [3.05, 3.63) is 42.2 Å². The molecule has 0 bridgehead atoms. The molecule has 3 rings (SSSR count). The third kappa shape index (κ3) is 1.87. The summed E-state index contributed by atoms with van der Waals surface area (Å²) >= 11 is 0. The van der Waals surface area contributed by atoms with Gasteiger partial charge in [0.15, 0.2) is 0 Å². The summed E-state index contributed by atoms with van der Waals surface area (Å²) in [4.78, 5) is 16.5. The Labute approximate surface area is 109 Å². The normalized spacial score (nSPS) is 10.8. The second-order valence-corrected chi connectivity index (χ2v) is 4.28. The summed E-state index contributed by atoms with van der Waals surface area (Å²) in [5.41, 5.74) is 2.32. The van der Waals surface area contributed by atoms with Crippen LogP contribution in [0, 0.1) is 0 Å². The molecule has 0 aliphatic carbocycles. The van der Waals surface area contributed by atoms with Gasteiger partial charge in [0.25, 0.3) is 5.91 Å². The minimum Gasteiger partial charge on any atom is -0.313 e. The van der Waals surface area contributed by atoms with Gasteiger partial charge in [0.2, 0.25) is 5.95 Å². The van der Waals surface area contributed by atoms with Gasteiger partial charge in [-0.3, -0.25) is 14.8 Å². The maximum Gasteiger partial charge on any atom is 0.276 e. The monoisotopic (exact) mass is 255 g/mol. The minimum absolute atomic E-state index is 0.224. The van der Waals surface area contributed by atoms with Gasteiger partial charge >= 0.3 is 0 Å². The van der Waals surface area contributed by atoms with Crippen LogP contribution in [0.25, 0.3) is 11.0 Å². The Morgan fingerprint density at radius 1 is 1.21 bits per heavy atom. The van der Waals surface area contributed by atoms with Gasteiger partial charge in [-0.1, -0.05) is 12.1 Å². The van der Waals surface area contributed by atoms with Crippen molar-refractivity contribution in [2.75, 3.05) is 5.32 Å². The number of rotatable bonds is 2. The van der Waals surface area contributed by atoms with E-state index in [-0.39, 0.29) is 5.91 Å². The number of hydrogen-bond donors (Lipinski definition) is 1. The first-order valence-corrected chi connectivity index (χ1v) is 5.87. The molecule has 6 nitrogen and oxygen atoms in total. The summed E-state index contributed by atoms with van der Waals surface area (Å²) in [5, 5.41) is 6.77. The molecule has 0 unspecified atom stereocenters. The molecule has 0 spiro atoms. The Morgan fingerprint density at radius 2 is 2.00 bits per heavy atom. The standard InChI is InChI=1S/C13H13N5O/c1-17-10-6-4-3-5-9(10)15-13(17)16-12(19)11-7-8-14-18(11)2/h3-8H,1-2H3,(H,15,16,19). The van der Waals surface area contributed by atoms with Gasteiger partial charge in [0, 0.05) is 20.3 Å². The fourth-order valence-electron chi connectivity index (χ4n) is 2.02. The van der Waals surface area contributed by atoms with Gasteiger partial charge in [-0.15, -0.1) is 0 Å². The summed E-state index contributed by atoms with van der Waals surface area (Å²) in [5.74, 6) is 0.297. The fourth-order valence-corrected chi connectivity index (χ4v) is 2.02. The van der Waals surface area contributed by atoms with E-state index in [9.17, 15) is 4.79 Å². The van der Waals surface area contributed by atoms with Gasteiger partial charge in [0.05, 0.1) is 11.0 Å². The number of para-hydroxylation sites is 2. The van der Waals surface area contributed by atoms with E-state index in [0.29, 0.717) is 11.6 Å². The molecule has 1 amide bonds. The Morgan fingerprint density at radius 3 is 2.68 bits per heavy atom. The van der Waals surface area contributed by atoms with Gasteiger partial charge in [-0.2, -0.15) is 5.10 Å². The van der Waals surface area contributed by atoms with Crippen LogP contribution < -0.4 is 5.32 Å². The predicted molar refractivity (Wildman–Crippen MR) is 71.9 cm³/mol. The van der Waals surface area contributed by atoms with Crippen molar-refractivity contribution in [3.63, 3.8) is 0 Å². The molecular formula is C13H13N5O.